The van der Waals surface area contributed by atoms with Crippen LogP contribution < -0.4 is 9.62 Å². The fourth-order valence-electron chi connectivity index (χ4n) is 2.91. The molecule has 0 aromatic heterocycles. The summed E-state index contributed by atoms with van der Waals surface area (Å²) < 4.78 is 66.0. The van der Waals surface area contributed by atoms with Crippen molar-refractivity contribution in [2.45, 2.75) is 24.5 Å². The monoisotopic (exact) mass is 406 g/mol. The second-order valence-electron chi connectivity index (χ2n) is 5.86. The summed E-state index contributed by atoms with van der Waals surface area (Å²) in [5.74, 6) is 0. The van der Waals surface area contributed by atoms with Gasteiger partial charge in [0, 0.05) is 19.6 Å². The summed E-state index contributed by atoms with van der Waals surface area (Å²) in [6.07, 6.45) is -4.51. The van der Waals surface area contributed by atoms with Crippen molar-refractivity contribution >= 4 is 28.1 Å². The van der Waals surface area contributed by atoms with E-state index in [1.807, 2.05) is 12.1 Å². The number of hydrogen-bond acceptors (Lipinski definition) is 3. The highest BCUT2D eigenvalue weighted by Crippen LogP contribution is 2.34. The third-order valence-electron chi connectivity index (χ3n) is 4.14. The van der Waals surface area contributed by atoms with E-state index in [4.69, 9.17) is 0 Å². The molecule has 0 bridgehead atoms. The Morgan fingerprint density at radius 2 is 1.81 bits per heavy atom. The van der Waals surface area contributed by atoms with E-state index >= 15 is 0 Å². The van der Waals surface area contributed by atoms with Crippen molar-refractivity contribution in [1.82, 2.24) is 5.32 Å². The number of rotatable bonds is 2. The van der Waals surface area contributed by atoms with Gasteiger partial charge < -0.3 is 5.32 Å². The van der Waals surface area contributed by atoms with Gasteiger partial charge in [0.2, 0.25) is 0 Å². The molecule has 0 atom stereocenters. The van der Waals surface area contributed by atoms with Crippen molar-refractivity contribution in [3.63, 3.8) is 0 Å². The topological polar surface area (TPSA) is 49.4 Å². The molecule has 9 heteroatoms. The molecule has 0 saturated heterocycles. The Bertz CT molecular complexity index is 901. The van der Waals surface area contributed by atoms with Gasteiger partial charge in [-0.2, -0.15) is 13.2 Å². The van der Waals surface area contributed by atoms with E-state index in [-0.39, 0.29) is 29.4 Å². The number of para-hydroxylation sites is 1. The van der Waals surface area contributed by atoms with E-state index in [1.54, 1.807) is 12.1 Å². The van der Waals surface area contributed by atoms with Crippen molar-refractivity contribution in [3.8, 4) is 0 Å². The lowest BCUT2D eigenvalue weighted by Gasteiger charge is -2.25. The number of hydrogen-bond donors (Lipinski definition) is 1. The highest BCUT2D eigenvalue weighted by molar-refractivity contribution is 7.92. The number of nitrogens with one attached hydrogen (secondary N) is 1. The van der Waals surface area contributed by atoms with Crippen LogP contribution in [0.5, 0.6) is 0 Å². The molecule has 4 nitrogen and oxygen atoms in total. The maximum Gasteiger partial charge on any atom is 0.416 e. The lowest BCUT2D eigenvalue weighted by atomic mass is 10.1. The Balaban J connectivity index is 0.00000243. The summed E-state index contributed by atoms with van der Waals surface area (Å²) >= 11 is 0. The van der Waals surface area contributed by atoms with Gasteiger partial charge in [-0.05, 0) is 42.3 Å². The minimum Gasteiger partial charge on any atom is -0.311 e. The maximum absolute atomic E-state index is 13.1. The first-order valence-corrected chi connectivity index (χ1v) is 9.14. The predicted octanol–water partition coefficient (Wildman–Crippen LogP) is 3.73. The summed E-state index contributed by atoms with van der Waals surface area (Å²) in [7, 11) is -3.97. The van der Waals surface area contributed by atoms with Crippen LogP contribution in [0.4, 0.5) is 18.9 Å². The minimum absolute atomic E-state index is 0. The molecule has 2 aromatic carbocycles. The summed E-state index contributed by atoms with van der Waals surface area (Å²) in [6.45, 7) is 2.58. The molecule has 1 N–H and O–H groups in total. The molecule has 26 heavy (non-hydrogen) atoms. The van der Waals surface area contributed by atoms with Crippen LogP contribution in [0.3, 0.4) is 0 Å². The average Bonchev–Trinajstić information content (AvgIpc) is 2.76. The van der Waals surface area contributed by atoms with E-state index in [1.165, 1.54) is 11.2 Å². The number of benzene rings is 2. The Kier molecular flexibility index (Phi) is 5.89. The molecule has 0 fully saturated rings. The fraction of sp³-hybridized carbons (Fsp3) is 0.294. The molecule has 3 rings (SSSR count). The van der Waals surface area contributed by atoms with Gasteiger partial charge in [0.05, 0.1) is 16.1 Å². The van der Waals surface area contributed by atoms with E-state index in [2.05, 4.69) is 5.32 Å². The molecular formula is C17H18ClF3N2O2S. The van der Waals surface area contributed by atoms with Crippen LogP contribution in [-0.2, 0) is 22.7 Å². The van der Waals surface area contributed by atoms with Crippen LogP contribution in [0.25, 0.3) is 0 Å². The smallest absolute Gasteiger partial charge is 0.311 e. The molecule has 142 valence electrons. The molecular weight excluding hydrogens is 389 g/mol. The molecule has 2 aromatic rings. The van der Waals surface area contributed by atoms with Crippen LogP contribution in [0.15, 0.2) is 47.4 Å². The van der Waals surface area contributed by atoms with Gasteiger partial charge in [-0.25, -0.2) is 8.42 Å². The predicted molar refractivity (Wildman–Crippen MR) is 96.1 cm³/mol. The second-order valence-corrected chi connectivity index (χ2v) is 7.69. The molecule has 0 amide bonds. The molecule has 1 aliphatic heterocycles. The quantitative estimate of drug-likeness (QED) is 0.826. The number of aryl methyl sites for hydroxylation is 1. The zero-order chi connectivity index (χ0) is 18.2. The number of anilines is 1. The molecule has 0 saturated carbocycles. The van der Waals surface area contributed by atoms with E-state index in [9.17, 15) is 21.6 Å². The van der Waals surface area contributed by atoms with Gasteiger partial charge in [-0.15, -0.1) is 12.4 Å². The molecule has 1 heterocycles. The maximum atomic E-state index is 13.1. The van der Waals surface area contributed by atoms with Gasteiger partial charge >= 0.3 is 6.18 Å². The zero-order valence-corrected chi connectivity index (χ0v) is 15.5. The molecule has 0 spiro atoms. The first kappa shape index (κ1) is 20.5. The first-order chi connectivity index (χ1) is 11.7. The molecule has 0 radical (unpaired) electrons. The highest BCUT2D eigenvalue weighted by Gasteiger charge is 2.33. The van der Waals surface area contributed by atoms with Gasteiger partial charge in [0.15, 0.2) is 0 Å². The van der Waals surface area contributed by atoms with Crippen molar-refractivity contribution in [2.75, 3.05) is 17.4 Å². The molecule has 0 aliphatic carbocycles. The zero-order valence-electron chi connectivity index (χ0n) is 13.9. The second kappa shape index (κ2) is 7.46. The van der Waals surface area contributed by atoms with Crippen LogP contribution in [0.2, 0.25) is 0 Å². The van der Waals surface area contributed by atoms with Gasteiger partial charge in [0.1, 0.15) is 0 Å². The number of halogens is 4. The number of nitrogens with zero attached hydrogens (tertiary/aromatic N) is 1. The first-order valence-electron chi connectivity index (χ1n) is 7.70. The van der Waals surface area contributed by atoms with E-state index in [0.717, 1.165) is 23.8 Å². The highest BCUT2D eigenvalue weighted by atomic mass is 35.5. The van der Waals surface area contributed by atoms with Crippen molar-refractivity contribution in [1.29, 1.82) is 0 Å². The van der Waals surface area contributed by atoms with Crippen molar-refractivity contribution < 1.29 is 21.6 Å². The Hall–Kier alpha value is -1.77. The number of fused-ring (bicyclic) bond motifs is 1. The van der Waals surface area contributed by atoms with Gasteiger partial charge in [-0.3, -0.25) is 4.31 Å². The largest absolute Gasteiger partial charge is 0.416 e. The molecule has 0 unspecified atom stereocenters. The van der Waals surface area contributed by atoms with Gasteiger partial charge in [0.25, 0.3) is 10.0 Å². The van der Waals surface area contributed by atoms with E-state index in [0.29, 0.717) is 18.8 Å². The van der Waals surface area contributed by atoms with Crippen LogP contribution in [0.1, 0.15) is 16.7 Å². The third-order valence-corrected chi connectivity index (χ3v) is 6.11. The van der Waals surface area contributed by atoms with Crippen molar-refractivity contribution in [3.05, 3.63) is 59.2 Å². The summed E-state index contributed by atoms with van der Waals surface area (Å²) in [5.41, 5.74) is 0.589. The molecule has 1 aliphatic rings. The summed E-state index contributed by atoms with van der Waals surface area (Å²) in [4.78, 5) is -0.114. The number of alkyl halides is 3. The fourth-order valence-corrected chi connectivity index (χ4v) is 4.62. The SMILES string of the molecule is Cc1cc(C(F)(F)F)ccc1S(=O)(=O)N1CCNCc2ccccc21.Cl. The normalized spacial score (nSPS) is 15.0. The van der Waals surface area contributed by atoms with Crippen LogP contribution in [0, 0.1) is 6.92 Å². The van der Waals surface area contributed by atoms with Gasteiger partial charge in [-0.1, -0.05) is 18.2 Å². The third kappa shape index (κ3) is 3.82. The van der Waals surface area contributed by atoms with E-state index < -0.39 is 21.8 Å². The lowest BCUT2D eigenvalue weighted by molar-refractivity contribution is -0.137. The Morgan fingerprint density at radius 1 is 1.12 bits per heavy atom. The Labute approximate surface area is 156 Å². The standard InChI is InChI=1S/C17H17F3N2O2S.ClH/c1-12-10-14(17(18,19)20)6-7-16(12)25(23,24)22-9-8-21-11-13-4-2-3-5-15(13)22;/h2-7,10,21H,8-9,11H2,1H3;1H. The lowest BCUT2D eigenvalue weighted by Crippen LogP contribution is -2.35. The summed E-state index contributed by atoms with van der Waals surface area (Å²) in [6, 6.07) is 9.81. The van der Waals surface area contributed by atoms with Crippen molar-refractivity contribution in [2.24, 2.45) is 0 Å². The van der Waals surface area contributed by atoms with Crippen LogP contribution >= 0.6 is 12.4 Å². The number of sulfonamides is 1. The van der Waals surface area contributed by atoms with Crippen LogP contribution in [-0.4, -0.2) is 21.5 Å². The Morgan fingerprint density at radius 3 is 2.46 bits per heavy atom. The average molecular weight is 407 g/mol. The minimum atomic E-state index is -4.51. The summed E-state index contributed by atoms with van der Waals surface area (Å²) in [5, 5.41) is 3.15.